The van der Waals surface area contributed by atoms with E-state index in [4.69, 9.17) is 4.74 Å². The predicted octanol–water partition coefficient (Wildman–Crippen LogP) is 4.55. The lowest BCUT2D eigenvalue weighted by Crippen LogP contribution is -2.63. The first-order chi connectivity index (χ1) is 33.9. The lowest BCUT2D eigenvalue weighted by Gasteiger charge is -2.34. The maximum Gasteiger partial charge on any atom is 0.408 e. The molecule has 0 aromatic heterocycles. The van der Waals surface area contributed by atoms with Crippen molar-refractivity contribution in [1.29, 1.82) is 0 Å². The Bertz CT molecular complexity index is 2420. The van der Waals surface area contributed by atoms with Crippen LogP contribution in [0.15, 0.2) is 97.1 Å². The van der Waals surface area contributed by atoms with E-state index in [1.54, 1.807) is 93.6 Å². The number of fused-ring (bicyclic) bond motifs is 1. The zero-order chi connectivity index (χ0) is 51.5. The molecule has 71 heavy (non-hydrogen) atoms. The second kappa shape index (κ2) is 24.1. The Morgan fingerprint density at radius 3 is 1.89 bits per heavy atom. The lowest BCUT2D eigenvalue weighted by atomic mass is 9.90. The maximum absolute atomic E-state index is 15.0. The highest BCUT2D eigenvalue weighted by Crippen LogP contribution is 2.37. The molecule has 18 heteroatoms. The molecule has 1 aliphatic carbocycles. The Morgan fingerprint density at radius 2 is 1.34 bits per heavy atom. The first-order valence-corrected chi connectivity index (χ1v) is 24.6. The third kappa shape index (κ3) is 13.6. The Kier molecular flexibility index (Phi) is 18.1. The fraction of sp³-hybridized carbons (Fsp3) is 0.491. The summed E-state index contributed by atoms with van der Waals surface area (Å²) >= 11 is 0. The van der Waals surface area contributed by atoms with Gasteiger partial charge in [0.25, 0.3) is 0 Å². The minimum Gasteiger partial charge on any atom is -0.445 e. The van der Waals surface area contributed by atoms with Gasteiger partial charge in [0.05, 0.1) is 6.04 Å². The Balaban J connectivity index is 1.45. The molecule has 0 spiro atoms. The number of carbonyl (C=O) groups is 7. The van der Waals surface area contributed by atoms with Crippen molar-refractivity contribution in [3.8, 4) is 0 Å². The summed E-state index contributed by atoms with van der Waals surface area (Å²) in [5, 5.41) is 28.8. The van der Waals surface area contributed by atoms with E-state index in [0.29, 0.717) is 23.1 Å². The van der Waals surface area contributed by atoms with E-state index in [1.807, 2.05) is 45.1 Å². The zero-order valence-electron chi connectivity index (χ0n) is 41.5. The average molecular weight is 977 g/mol. The smallest absolute Gasteiger partial charge is 0.408 e. The van der Waals surface area contributed by atoms with Gasteiger partial charge in [-0.1, -0.05) is 137 Å². The zero-order valence-corrected chi connectivity index (χ0v) is 41.5. The molecule has 0 unspecified atom stereocenters. The number of allylic oxidation sites excluding steroid dienone is 1. The van der Waals surface area contributed by atoms with Crippen LogP contribution in [0.1, 0.15) is 101 Å². The number of nitro groups is 1. The van der Waals surface area contributed by atoms with Gasteiger partial charge in [-0.3, -0.25) is 38.9 Å². The van der Waals surface area contributed by atoms with Crippen molar-refractivity contribution in [1.82, 2.24) is 36.8 Å². The summed E-state index contributed by atoms with van der Waals surface area (Å²) in [7, 11) is 0. The number of nitrogens with zero attached hydrogens (tertiary/aromatic N) is 2. The average Bonchev–Trinajstić information content (AvgIpc) is 4.02. The van der Waals surface area contributed by atoms with Gasteiger partial charge in [0, 0.05) is 35.6 Å². The van der Waals surface area contributed by atoms with Crippen molar-refractivity contribution in [2.75, 3.05) is 6.54 Å². The van der Waals surface area contributed by atoms with Crippen LogP contribution in [0.2, 0.25) is 0 Å². The topological polar surface area (TPSA) is 247 Å². The van der Waals surface area contributed by atoms with Crippen LogP contribution in [0.5, 0.6) is 0 Å². The van der Waals surface area contributed by atoms with Crippen LogP contribution in [0.25, 0.3) is 0 Å². The largest absolute Gasteiger partial charge is 0.445 e. The van der Waals surface area contributed by atoms with Crippen LogP contribution in [-0.4, -0.2) is 106 Å². The number of rotatable bonds is 13. The van der Waals surface area contributed by atoms with Crippen LogP contribution in [-0.2, 0) is 40.1 Å². The van der Waals surface area contributed by atoms with Crippen LogP contribution >= 0.6 is 0 Å². The minimum absolute atomic E-state index is 0.132. The molecule has 13 atom stereocenters. The fourth-order valence-corrected chi connectivity index (χ4v) is 9.47. The Morgan fingerprint density at radius 1 is 0.775 bits per heavy atom. The summed E-state index contributed by atoms with van der Waals surface area (Å²) in [6.07, 6.45) is 3.36. The van der Waals surface area contributed by atoms with Crippen molar-refractivity contribution in [2.24, 2.45) is 17.8 Å². The van der Waals surface area contributed by atoms with Crippen molar-refractivity contribution in [2.45, 2.75) is 141 Å². The maximum atomic E-state index is 15.0. The summed E-state index contributed by atoms with van der Waals surface area (Å²) < 4.78 is 5.55. The summed E-state index contributed by atoms with van der Waals surface area (Å²) in [5.74, 6) is -7.18. The Hall–Kier alpha value is -7.11. The van der Waals surface area contributed by atoms with Gasteiger partial charge in [-0.25, -0.2) is 4.79 Å². The van der Waals surface area contributed by atoms with Gasteiger partial charge in [-0.15, -0.1) is 0 Å². The molecule has 0 bridgehead atoms. The van der Waals surface area contributed by atoms with E-state index in [1.165, 1.54) is 11.8 Å². The number of hydrogen-bond acceptors (Lipinski definition) is 10. The van der Waals surface area contributed by atoms with E-state index >= 15 is 0 Å². The second-order valence-corrected chi connectivity index (χ2v) is 19.4. The van der Waals surface area contributed by atoms with E-state index < -0.39 is 118 Å². The van der Waals surface area contributed by atoms with E-state index in [-0.39, 0.29) is 38.3 Å². The van der Waals surface area contributed by atoms with Crippen LogP contribution in [0.3, 0.4) is 0 Å². The standard InChI is InChI=1S/C53H68N8O10/c1-8-16-36-25-42-48(63)54-34(7)46(59-53(68)71-29-35-23-21-30(3)22-24-35)51(66)58-44(32(5)37-17-12-10-13-18-37)49(64)55-40(26-39-27-41(39)61(69)70)47(62)57-45(33(6)38-19-14-11-15-20-38)50(65)56-43(31(4)9-2)52(67)60(42)28-36/h8,10-24,31-34,36,39-46H,9,25-29H2,1-7H3,(H,54,63)(H,55,64)(H,56,65)(H,57,62)(H,58,66)(H,59,68)/b16-8-/t31-,32+,33+,34+,36-,39-,40+,41-,42-,43-,44-,45-,46+/m0/s1. The van der Waals surface area contributed by atoms with E-state index in [0.717, 1.165) is 5.56 Å². The molecule has 6 N–H and O–H groups in total. The van der Waals surface area contributed by atoms with Gasteiger partial charge in [0.2, 0.25) is 41.5 Å². The fourth-order valence-electron chi connectivity index (χ4n) is 9.47. The lowest BCUT2D eigenvalue weighted by molar-refractivity contribution is -0.498. The van der Waals surface area contributed by atoms with Gasteiger partial charge in [0.1, 0.15) is 42.9 Å². The Labute approximate surface area is 415 Å². The first-order valence-electron chi connectivity index (χ1n) is 24.6. The van der Waals surface area contributed by atoms with E-state index in [2.05, 4.69) is 31.9 Å². The van der Waals surface area contributed by atoms with Crippen molar-refractivity contribution < 1.29 is 43.2 Å². The monoisotopic (exact) mass is 977 g/mol. The van der Waals surface area contributed by atoms with Gasteiger partial charge >= 0.3 is 6.09 Å². The van der Waals surface area contributed by atoms with Gasteiger partial charge in [0.15, 0.2) is 0 Å². The highest BCUT2D eigenvalue weighted by Gasteiger charge is 2.51. The third-order valence-corrected chi connectivity index (χ3v) is 14.2. The predicted molar refractivity (Wildman–Crippen MR) is 265 cm³/mol. The molecule has 18 nitrogen and oxygen atoms in total. The molecule has 2 saturated heterocycles. The van der Waals surface area contributed by atoms with Crippen molar-refractivity contribution >= 4 is 41.5 Å². The summed E-state index contributed by atoms with van der Waals surface area (Å²) in [5.41, 5.74) is 2.97. The molecule has 3 aromatic carbocycles. The molecule has 7 amide bonds. The molecule has 3 fully saturated rings. The van der Waals surface area contributed by atoms with E-state index in [9.17, 15) is 43.7 Å². The number of carbonyl (C=O) groups excluding carboxylic acids is 7. The van der Waals surface area contributed by atoms with Gasteiger partial charge < -0.3 is 41.5 Å². The molecular weight excluding hydrogens is 909 g/mol. The molecule has 3 aromatic rings. The number of ether oxygens (including phenoxy) is 1. The third-order valence-electron chi connectivity index (χ3n) is 14.2. The number of alkyl carbamates (subject to hydrolysis) is 1. The van der Waals surface area contributed by atoms with Crippen LogP contribution in [0.4, 0.5) is 4.79 Å². The highest BCUT2D eigenvalue weighted by molar-refractivity contribution is 5.98. The first kappa shape index (κ1) is 53.2. The number of nitrogens with one attached hydrogen (secondary N) is 6. The van der Waals surface area contributed by atoms with Crippen LogP contribution < -0.4 is 31.9 Å². The number of hydrogen-bond donors (Lipinski definition) is 6. The minimum atomic E-state index is -1.57. The molecular formula is C53H68N8O10. The van der Waals surface area contributed by atoms with Crippen molar-refractivity contribution in [3.63, 3.8) is 0 Å². The number of amides is 7. The molecule has 1 saturated carbocycles. The molecule has 0 radical (unpaired) electrons. The van der Waals surface area contributed by atoms with Crippen LogP contribution in [0, 0.1) is 34.8 Å². The number of benzene rings is 3. The normalized spacial score (nSPS) is 28.0. The highest BCUT2D eigenvalue weighted by atomic mass is 16.6. The second-order valence-electron chi connectivity index (χ2n) is 19.4. The molecule has 2 heterocycles. The summed E-state index contributed by atoms with van der Waals surface area (Å²) in [4.78, 5) is 115. The molecule has 6 rings (SSSR count). The molecule has 3 aliphatic rings. The summed E-state index contributed by atoms with van der Waals surface area (Å²) in [6.45, 7) is 12.3. The quantitative estimate of drug-likeness (QED) is 0.0793. The van der Waals surface area contributed by atoms with Crippen molar-refractivity contribution in [3.05, 3.63) is 129 Å². The molecule has 2 aliphatic heterocycles. The van der Waals surface area contributed by atoms with Gasteiger partial charge in [-0.2, -0.15) is 0 Å². The summed E-state index contributed by atoms with van der Waals surface area (Å²) in [6, 6.07) is 14.9. The number of aryl methyl sites for hydroxylation is 1. The SMILES string of the molecule is C/C=C\[C@H]1C[C@H]2C(=O)N[C@H](C)[C@@H](NC(=O)OCc3ccc(C)cc3)C(=O)N[C@@H]([C@H](C)c3ccccc3)C(=O)N[C@H](C[C@H]3C[C@@H]3[N+](=O)[O-])C(=O)N[C@@H]([C@H](C)c3ccccc3)C(=O)N[C@@H]([C@@H](C)CC)C(=O)N2C1. The molecule has 380 valence electrons. The van der Waals surface area contributed by atoms with Gasteiger partial charge in [-0.05, 0) is 62.1 Å².